The number of para-hydroxylation sites is 2. The van der Waals surface area contributed by atoms with Gasteiger partial charge in [0.05, 0.1) is 25.0 Å². The van der Waals surface area contributed by atoms with Crippen molar-refractivity contribution in [3.05, 3.63) is 59.7 Å². The van der Waals surface area contributed by atoms with Gasteiger partial charge in [-0.25, -0.2) is 4.98 Å². The molecule has 1 aromatic heterocycles. The number of ether oxygens (including phenoxy) is 1. The summed E-state index contributed by atoms with van der Waals surface area (Å²) in [5, 5.41) is 3.71. The second-order valence-corrected chi connectivity index (χ2v) is 8.11. The lowest BCUT2D eigenvalue weighted by Crippen LogP contribution is -2.43. The van der Waals surface area contributed by atoms with Crippen LogP contribution in [0.1, 0.15) is 17.2 Å². The zero-order valence-electron chi connectivity index (χ0n) is 16.5. The Kier molecular flexibility index (Phi) is 6.49. The van der Waals surface area contributed by atoms with Gasteiger partial charge in [-0.05, 0) is 24.6 Å². The Morgan fingerprint density at radius 1 is 1.17 bits per heavy atom. The SMILES string of the molecule is Cc1ccc([C@H](CN2CCOCC2)NC(=O)CSc2nc3ccccc3o2)cc1. The fourth-order valence-electron chi connectivity index (χ4n) is 3.35. The molecule has 0 bridgehead atoms. The number of amides is 1. The van der Waals surface area contributed by atoms with Crippen LogP contribution in [-0.2, 0) is 9.53 Å². The van der Waals surface area contributed by atoms with E-state index in [-0.39, 0.29) is 17.7 Å². The first-order valence-electron chi connectivity index (χ1n) is 9.82. The van der Waals surface area contributed by atoms with Crippen molar-refractivity contribution < 1.29 is 13.9 Å². The standard InChI is InChI=1S/C22H25N3O3S/c1-16-6-8-17(9-7-16)19(14-25-10-12-27-13-11-25)23-21(26)15-29-22-24-18-4-2-3-5-20(18)28-22/h2-9,19H,10-15H2,1H3,(H,23,26)/t19-/m0/s1. The van der Waals surface area contributed by atoms with E-state index in [1.54, 1.807) is 0 Å². The number of carbonyl (C=O) groups excluding carboxylic acids is 1. The fraction of sp³-hybridized carbons (Fsp3) is 0.364. The predicted molar refractivity (Wildman–Crippen MR) is 114 cm³/mol. The van der Waals surface area contributed by atoms with Crippen molar-refractivity contribution >= 4 is 28.8 Å². The van der Waals surface area contributed by atoms with Crippen molar-refractivity contribution in [1.82, 2.24) is 15.2 Å². The molecule has 0 radical (unpaired) electrons. The third-order valence-corrected chi connectivity index (χ3v) is 5.79. The number of nitrogens with one attached hydrogen (secondary N) is 1. The van der Waals surface area contributed by atoms with Crippen LogP contribution in [0.15, 0.2) is 58.2 Å². The van der Waals surface area contributed by atoms with Crippen LogP contribution >= 0.6 is 11.8 Å². The van der Waals surface area contributed by atoms with E-state index in [1.807, 2.05) is 24.3 Å². The summed E-state index contributed by atoms with van der Waals surface area (Å²) in [6.45, 7) is 6.08. The highest BCUT2D eigenvalue weighted by Crippen LogP contribution is 2.23. The molecule has 1 atom stereocenters. The number of hydrogen-bond acceptors (Lipinski definition) is 6. The maximum atomic E-state index is 12.7. The number of carbonyl (C=O) groups is 1. The van der Waals surface area contributed by atoms with Crippen LogP contribution in [0.5, 0.6) is 0 Å². The van der Waals surface area contributed by atoms with Gasteiger partial charge in [-0.2, -0.15) is 0 Å². The summed E-state index contributed by atoms with van der Waals surface area (Å²) in [4.78, 5) is 19.4. The van der Waals surface area contributed by atoms with E-state index in [2.05, 4.69) is 46.4 Å². The minimum absolute atomic E-state index is 0.0314. The Morgan fingerprint density at radius 3 is 2.69 bits per heavy atom. The molecular formula is C22H25N3O3S. The van der Waals surface area contributed by atoms with Crippen LogP contribution in [0.2, 0.25) is 0 Å². The van der Waals surface area contributed by atoms with Crippen molar-refractivity contribution in [2.45, 2.75) is 18.2 Å². The topological polar surface area (TPSA) is 67.6 Å². The summed E-state index contributed by atoms with van der Waals surface area (Å²) in [6.07, 6.45) is 0. The van der Waals surface area contributed by atoms with Crippen molar-refractivity contribution in [2.75, 3.05) is 38.6 Å². The van der Waals surface area contributed by atoms with Gasteiger partial charge in [0.25, 0.3) is 5.22 Å². The molecule has 2 heterocycles. The Bertz CT molecular complexity index is 918. The number of rotatable bonds is 7. The van der Waals surface area contributed by atoms with Gasteiger partial charge in [-0.1, -0.05) is 53.7 Å². The molecule has 1 N–H and O–H groups in total. The fourth-order valence-corrected chi connectivity index (χ4v) is 4.00. The van der Waals surface area contributed by atoms with Gasteiger partial charge in [-0.3, -0.25) is 9.69 Å². The van der Waals surface area contributed by atoms with Crippen LogP contribution in [0.4, 0.5) is 0 Å². The molecule has 0 spiro atoms. The molecule has 6 nitrogen and oxygen atoms in total. The molecule has 1 aliphatic heterocycles. The van der Waals surface area contributed by atoms with Crippen LogP contribution in [0, 0.1) is 6.92 Å². The lowest BCUT2D eigenvalue weighted by molar-refractivity contribution is -0.119. The molecule has 0 unspecified atom stereocenters. The summed E-state index contributed by atoms with van der Waals surface area (Å²) in [6, 6.07) is 15.9. The Hall–Kier alpha value is -2.35. The first kappa shape index (κ1) is 19.9. The predicted octanol–water partition coefficient (Wildman–Crippen LogP) is 3.42. The average Bonchev–Trinajstić information content (AvgIpc) is 3.16. The van der Waals surface area contributed by atoms with Gasteiger partial charge in [0, 0.05) is 19.6 Å². The van der Waals surface area contributed by atoms with Gasteiger partial charge in [-0.15, -0.1) is 0 Å². The number of hydrogen-bond donors (Lipinski definition) is 1. The van der Waals surface area contributed by atoms with E-state index in [4.69, 9.17) is 9.15 Å². The number of nitrogens with zero attached hydrogens (tertiary/aromatic N) is 2. The van der Waals surface area contributed by atoms with E-state index in [9.17, 15) is 4.79 Å². The summed E-state index contributed by atoms with van der Waals surface area (Å²) >= 11 is 1.32. The number of aryl methyl sites for hydroxylation is 1. The summed E-state index contributed by atoms with van der Waals surface area (Å²) < 4.78 is 11.1. The van der Waals surface area contributed by atoms with Crippen LogP contribution in [0.25, 0.3) is 11.1 Å². The van der Waals surface area contributed by atoms with Crippen molar-refractivity contribution in [1.29, 1.82) is 0 Å². The molecule has 0 aliphatic carbocycles. The Labute approximate surface area is 174 Å². The molecule has 3 aromatic rings. The molecule has 1 fully saturated rings. The van der Waals surface area contributed by atoms with Gasteiger partial charge in [0.15, 0.2) is 5.58 Å². The van der Waals surface area contributed by atoms with Crippen LogP contribution < -0.4 is 5.32 Å². The maximum Gasteiger partial charge on any atom is 0.257 e. The lowest BCUT2D eigenvalue weighted by Gasteiger charge is -2.31. The van der Waals surface area contributed by atoms with E-state index in [0.717, 1.165) is 49.5 Å². The van der Waals surface area contributed by atoms with E-state index < -0.39 is 0 Å². The summed E-state index contributed by atoms with van der Waals surface area (Å²) in [5.41, 5.74) is 3.86. The molecule has 2 aromatic carbocycles. The van der Waals surface area contributed by atoms with Crippen LogP contribution in [-0.4, -0.2) is 54.4 Å². The number of aromatic nitrogens is 1. The molecule has 1 aliphatic rings. The Morgan fingerprint density at radius 2 is 1.93 bits per heavy atom. The highest BCUT2D eigenvalue weighted by atomic mass is 32.2. The Balaban J connectivity index is 1.39. The molecule has 152 valence electrons. The monoisotopic (exact) mass is 411 g/mol. The third-order valence-electron chi connectivity index (χ3n) is 4.96. The summed E-state index contributed by atoms with van der Waals surface area (Å²) in [5.74, 6) is 0.231. The van der Waals surface area contributed by atoms with E-state index in [1.165, 1.54) is 17.3 Å². The average molecular weight is 412 g/mol. The minimum Gasteiger partial charge on any atom is -0.431 e. The maximum absolute atomic E-state index is 12.7. The number of oxazole rings is 1. The largest absolute Gasteiger partial charge is 0.431 e. The smallest absolute Gasteiger partial charge is 0.257 e. The molecule has 1 saturated heterocycles. The minimum atomic E-state index is -0.0644. The summed E-state index contributed by atoms with van der Waals surface area (Å²) in [7, 11) is 0. The lowest BCUT2D eigenvalue weighted by atomic mass is 10.0. The second-order valence-electron chi connectivity index (χ2n) is 7.18. The van der Waals surface area contributed by atoms with Crippen molar-refractivity contribution in [3.8, 4) is 0 Å². The van der Waals surface area contributed by atoms with Gasteiger partial charge < -0.3 is 14.5 Å². The molecule has 4 rings (SSSR count). The number of morpholine rings is 1. The zero-order chi connectivity index (χ0) is 20.1. The zero-order valence-corrected chi connectivity index (χ0v) is 17.3. The number of benzene rings is 2. The first-order chi connectivity index (χ1) is 14.2. The molecular weight excluding hydrogens is 386 g/mol. The number of fused-ring (bicyclic) bond motifs is 1. The van der Waals surface area contributed by atoms with Crippen molar-refractivity contribution in [2.24, 2.45) is 0 Å². The van der Waals surface area contributed by atoms with Crippen molar-refractivity contribution in [3.63, 3.8) is 0 Å². The second kappa shape index (κ2) is 9.43. The van der Waals surface area contributed by atoms with Crippen LogP contribution in [0.3, 0.4) is 0 Å². The molecule has 1 amide bonds. The third kappa shape index (κ3) is 5.38. The van der Waals surface area contributed by atoms with Gasteiger partial charge in [0.2, 0.25) is 5.91 Å². The highest BCUT2D eigenvalue weighted by Gasteiger charge is 2.20. The molecule has 7 heteroatoms. The molecule has 29 heavy (non-hydrogen) atoms. The normalized spacial score (nSPS) is 16.0. The van der Waals surface area contributed by atoms with Gasteiger partial charge >= 0.3 is 0 Å². The van der Waals surface area contributed by atoms with E-state index >= 15 is 0 Å². The first-order valence-corrected chi connectivity index (χ1v) is 10.8. The van der Waals surface area contributed by atoms with Gasteiger partial charge in [0.1, 0.15) is 5.52 Å². The highest BCUT2D eigenvalue weighted by molar-refractivity contribution is 7.99. The number of thioether (sulfide) groups is 1. The molecule has 0 saturated carbocycles. The van der Waals surface area contributed by atoms with E-state index in [0.29, 0.717) is 5.22 Å². The quantitative estimate of drug-likeness (QED) is 0.601.